The summed E-state index contributed by atoms with van der Waals surface area (Å²) in [5, 5.41) is 0. The maximum absolute atomic E-state index is 11.1. The third kappa shape index (κ3) is 0.924. The van der Waals surface area contributed by atoms with Gasteiger partial charge in [-0.1, -0.05) is 0 Å². The van der Waals surface area contributed by atoms with E-state index in [-0.39, 0.29) is 6.04 Å². The number of Topliss-reactive ketones (excluding diaryl/α,β-unsaturated/α-hetero) is 1. The molecule has 2 fully saturated rings. The first-order valence-corrected chi connectivity index (χ1v) is 4.39. The van der Waals surface area contributed by atoms with Crippen molar-refractivity contribution in [2.45, 2.75) is 44.2 Å². The van der Waals surface area contributed by atoms with Crippen LogP contribution in [0.3, 0.4) is 0 Å². The first-order chi connectivity index (χ1) is 5.16. The minimum atomic E-state index is 0.234. The molecule has 0 bridgehead atoms. The summed E-state index contributed by atoms with van der Waals surface area (Å²) in [5.74, 6) is 0.344. The van der Waals surface area contributed by atoms with Gasteiger partial charge in [0.05, 0.1) is 6.04 Å². The molecule has 2 nitrogen and oxygen atoms in total. The van der Waals surface area contributed by atoms with Crippen LogP contribution in [0.1, 0.15) is 32.6 Å². The molecule has 2 rings (SSSR count). The van der Waals surface area contributed by atoms with E-state index in [0.717, 1.165) is 6.42 Å². The Morgan fingerprint density at radius 2 is 2.09 bits per heavy atom. The number of likely N-dealkylation sites (tertiary alicyclic amines) is 1. The average molecular weight is 153 g/mol. The number of rotatable bonds is 1. The summed E-state index contributed by atoms with van der Waals surface area (Å²) >= 11 is 0. The van der Waals surface area contributed by atoms with Crippen LogP contribution < -0.4 is 0 Å². The first kappa shape index (κ1) is 7.29. The Bertz CT molecular complexity index is 196. The Kier molecular flexibility index (Phi) is 1.37. The van der Waals surface area contributed by atoms with E-state index in [4.69, 9.17) is 0 Å². The van der Waals surface area contributed by atoms with Crippen molar-refractivity contribution in [3.8, 4) is 0 Å². The van der Waals surface area contributed by atoms with Gasteiger partial charge < -0.3 is 0 Å². The van der Waals surface area contributed by atoms with E-state index in [0.29, 0.717) is 11.3 Å². The highest BCUT2D eigenvalue weighted by molar-refractivity contribution is 5.82. The highest BCUT2D eigenvalue weighted by Gasteiger charge is 2.53. The Hall–Kier alpha value is -0.370. The fourth-order valence-electron chi connectivity index (χ4n) is 2.33. The van der Waals surface area contributed by atoms with Gasteiger partial charge in [-0.05, 0) is 39.7 Å². The molecule has 1 spiro atoms. The molecule has 1 saturated heterocycles. The van der Waals surface area contributed by atoms with Gasteiger partial charge in [-0.15, -0.1) is 0 Å². The van der Waals surface area contributed by atoms with Crippen molar-refractivity contribution in [2.75, 3.05) is 7.05 Å². The summed E-state index contributed by atoms with van der Waals surface area (Å²) in [4.78, 5) is 13.4. The zero-order valence-electron chi connectivity index (χ0n) is 7.26. The lowest BCUT2D eigenvalue weighted by Crippen LogP contribution is -2.37. The van der Waals surface area contributed by atoms with Crippen LogP contribution in [0.5, 0.6) is 0 Å². The molecule has 1 aliphatic heterocycles. The molecular weight excluding hydrogens is 138 g/mol. The van der Waals surface area contributed by atoms with Crippen molar-refractivity contribution in [3.05, 3.63) is 0 Å². The Morgan fingerprint density at radius 3 is 2.36 bits per heavy atom. The number of carbonyl (C=O) groups is 1. The van der Waals surface area contributed by atoms with Gasteiger partial charge >= 0.3 is 0 Å². The maximum atomic E-state index is 11.1. The molecule has 1 saturated carbocycles. The summed E-state index contributed by atoms with van der Waals surface area (Å²) in [7, 11) is 2.10. The summed E-state index contributed by atoms with van der Waals surface area (Å²) in [5.41, 5.74) is 0.469. The van der Waals surface area contributed by atoms with E-state index in [1.54, 1.807) is 6.92 Å². The van der Waals surface area contributed by atoms with Crippen LogP contribution in [0.4, 0.5) is 0 Å². The van der Waals surface area contributed by atoms with E-state index >= 15 is 0 Å². The minimum Gasteiger partial charge on any atom is -0.298 e. The topological polar surface area (TPSA) is 20.3 Å². The number of hydrogen-bond acceptors (Lipinski definition) is 2. The van der Waals surface area contributed by atoms with Crippen LogP contribution in [0.25, 0.3) is 0 Å². The molecule has 0 radical (unpaired) electrons. The number of ketones is 1. The number of hydrogen-bond donors (Lipinski definition) is 0. The normalized spacial score (nSPS) is 34.5. The monoisotopic (exact) mass is 153 g/mol. The highest BCUT2D eigenvalue weighted by Crippen LogP contribution is 2.50. The van der Waals surface area contributed by atoms with Gasteiger partial charge in [-0.2, -0.15) is 0 Å². The van der Waals surface area contributed by atoms with E-state index in [1.165, 1.54) is 19.3 Å². The smallest absolute Gasteiger partial charge is 0.146 e. The SMILES string of the molecule is CC(=O)[C@@H]1CCC2(CC2)N1C. The van der Waals surface area contributed by atoms with E-state index < -0.39 is 0 Å². The van der Waals surface area contributed by atoms with Gasteiger partial charge in [-0.25, -0.2) is 0 Å². The summed E-state index contributed by atoms with van der Waals surface area (Å²) in [6.07, 6.45) is 4.96. The molecule has 62 valence electrons. The molecule has 1 aliphatic carbocycles. The molecule has 0 aromatic rings. The fourth-order valence-corrected chi connectivity index (χ4v) is 2.33. The van der Waals surface area contributed by atoms with Gasteiger partial charge in [0, 0.05) is 5.54 Å². The Labute approximate surface area is 67.6 Å². The molecule has 0 amide bonds. The Morgan fingerprint density at radius 1 is 1.45 bits per heavy atom. The molecular formula is C9H15NO. The van der Waals surface area contributed by atoms with Crippen molar-refractivity contribution in [1.82, 2.24) is 4.90 Å². The summed E-state index contributed by atoms with van der Waals surface area (Å²) in [6, 6.07) is 0.234. The van der Waals surface area contributed by atoms with E-state index in [2.05, 4.69) is 11.9 Å². The predicted octanol–water partition coefficient (Wildman–Crippen LogP) is 1.20. The zero-order valence-corrected chi connectivity index (χ0v) is 7.26. The second-order valence-corrected chi connectivity index (χ2v) is 4.00. The van der Waals surface area contributed by atoms with Crippen molar-refractivity contribution in [3.63, 3.8) is 0 Å². The van der Waals surface area contributed by atoms with Crippen molar-refractivity contribution >= 4 is 5.78 Å². The molecule has 0 N–H and O–H groups in total. The van der Waals surface area contributed by atoms with Crippen molar-refractivity contribution in [2.24, 2.45) is 0 Å². The molecule has 0 aromatic heterocycles. The van der Waals surface area contributed by atoms with E-state index in [1.807, 2.05) is 0 Å². The lowest BCUT2D eigenvalue weighted by molar-refractivity contribution is -0.121. The standard InChI is InChI=1S/C9H15NO/c1-7(11)8-3-4-9(5-6-9)10(8)2/h8H,3-6H2,1-2H3/t8-/m0/s1. The Balaban J connectivity index is 2.12. The largest absolute Gasteiger partial charge is 0.298 e. The van der Waals surface area contributed by atoms with Crippen LogP contribution >= 0.6 is 0 Å². The number of nitrogens with zero attached hydrogens (tertiary/aromatic N) is 1. The van der Waals surface area contributed by atoms with Crippen LogP contribution in [0, 0.1) is 0 Å². The van der Waals surface area contributed by atoms with Crippen LogP contribution in [0.15, 0.2) is 0 Å². The van der Waals surface area contributed by atoms with Gasteiger partial charge in [0.1, 0.15) is 5.78 Å². The maximum Gasteiger partial charge on any atom is 0.146 e. The molecule has 2 aliphatic rings. The highest BCUT2D eigenvalue weighted by atomic mass is 16.1. The number of likely N-dealkylation sites (N-methyl/N-ethyl adjacent to an activating group) is 1. The third-order valence-electron chi connectivity index (χ3n) is 3.40. The van der Waals surface area contributed by atoms with Gasteiger partial charge in [-0.3, -0.25) is 9.69 Å². The summed E-state index contributed by atoms with van der Waals surface area (Å²) < 4.78 is 0. The van der Waals surface area contributed by atoms with E-state index in [9.17, 15) is 4.79 Å². The van der Waals surface area contributed by atoms with Gasteiger partial charge in [0.15, 0.2) is 0 Å². The average Bonchev–Trinajstić information content (AvgIpc) is 2.61. The van der Waals surface area contributed by atoms with Crippen molar-refractivity contribution in [1.29, 1.82) is 0 Å². The lowest BCUT2D eigenvalue weighted by Gasteiger charge is -2.23. The summed E-state index contributed by atoms with van der Waals surface area (Å²) in [6.45, 7) is 1.71. The molecule has 0 aromatic carbocycles. The molecule has 1 atom stereocenters. The molecule has 11 heavy (non-hydrogen) atoms. The third-order valence-corrected chi connectivity index (χ3v) is 3.40. The quantitative estimate of drug-likeness (QED) is 0.564. The first-order valence-electron chi connectivity index (χ1n) is 4.39. The van der Waals surface area contributed by atoms with Crippen LogP contribution in [-0.2, 0) is 4.79 Å². The number of carbonyl (C=O) groups excluding carboxylic acids is 1. The van der Waals surface area contributed by atoms with Crippen LogP contribution in [0.2, 0.25) is 0 Å². The fraction of sp³-hybridized carbons (Fsp3) is 0.889. The van der Waals surface area contributed by atoms with Crippen LogP contribution in [-0.4, -0.2) is 29.3 Å². The van der Waals surface area contributed by atoms with Gasteiger partial charge in [0.2, 0.25) is 0 Å². The molecule has 0 unspecified atom stereocenters. The van der Waals surface area contributed by atoms with Gasteiger partial charge in [0.25, 0.3) is 0 Å². The zero-order chi connectivity index (χ0) is 8.06. The van der Waals surface area contributed by atoms with Crippen molar-refractivity contribution < 1.29 is 4.79 Å². The lowest BCUT2D eigenvalue weighted by atomic mass is 10.1. The second-order valence-electron chi connectivity index (χ2n) is 4.00. The molecule has 2 heteroatoms. The minimum absolute atomic E-state index is 0.234. The second kappa shape index (κ2) is 2.07. The molecule has 1 heterocycles. The predicted molar refractivity (Wildman–Crippen MR) is 43.4 cm³/mol.